The third kappa shape index (κ3) is 4.32. The van der Waals surface area contributed by atoms with Crippen molar-refractivity contribution in [1.29, 1.82) is 0 Å². The van der Waals surface area contributed by atoms with Gasteiger partial charge in [-0.05, 0) is 57.6 Å². The molecule has 0 spiro atoms. The van der Waals surface area contributed by atoms with Crippen LogP contribution in [-0.2, 0) is 4.79 Å². The molecule has 0 unspecified atom stereocenters. The number of nitrogens with one attached hydrogen (secondary N) is 1. The Morgan fingerprint density at radius 3 is 2.62 bits per heavy atom. The van der Waals surface area contributed by atoms with E-state index < -0.39 is 0 Å². The van der Waals surface area contributed by atoms with E-state index in [4.69, 9.17) is 4.74 Å². The van der Waals surface area contributed by atoms with Gasteiger partial charge in [-0.2, -0.15) is 5.10 Å². The zero-order valence-electron chi connectivity index (χ0n) is 12.8. The largest absolute Gasteiger partial charge is 0.484 e. The van der Waals surface area contributed by atoms with Gasteiger partial charge in [0.05, 0.1) is 6.21 Å². The third-order valence-corrected chi connectivity index (χ3v) is 4.12. The highest BCUT2D eigenvalue weighted by Gasteiger charge is 2.02. The Bertz CT molecular complexity index is 871. The molecule has 0 saturated heterocycles. The highest BCUT2D eigenvalue weighted by molar-refractivity contribution is 14.1. The maximum Gasteiger partial charge on any atom is 0.277 e. The average molecular weight is 430 g/mol. The minimum Gasteiger partial charge on any atom is -0.484 e. The Hall–Kier alpha value is -2.41. The molecule has 3 aromatic carbocycles. The van der Waals surface area contributed by atoms with Crippen LogP contribution in [0.3, 0.4) is 0 Å². The Kier molecular flexibility index (Phi) is 5.43. The Morgan fingerprint density at radius 1 is 1.04 bits per heavy atom. The van der Waals surface area contributed by atoms with E-state index in [1.165, 1.54) is 0 Å². The van der Waals surface area contributed by atoms with Crippen LogP contribution >= 0.6 is 22.6 Å². The molecule has 0 aliphatic rings. The molecule has 0 aromatic heterocycles. The van der Waals surface area contributed by atoms with E-state index in [9.17, 15) is 4.79 Å². The van der Waals surface area contributed by atoms with Crippen molar-refractivity contribution in [3.63, 3.8) is 0 Å². The quantitative estimate of drug-likeness (QED) is 0.379. The van der Waals surface area contributed by atoms with Crippen LogP contribution in [0.15, 0.2) is 71.8 Å². The minimum absolute atomic E-state index is 0.0759. The van der Waals surface area contributed by atoms with E-state index in [1.807, 2.05) is 66.7 Å². The van der Waals surface area contributed by atoms with Gasteiger partial charge in [-0.15, -0.1) is 0 Å². The topological polar surface area (TPSA) is 50.7 Å². The zero-order chi connectivity index (χ0) is 16.8. The average Bonchev–Trinajstić information content (AvgIpc) is 2.61. The Balaban J connectivity index is 1.57. The molecule has 3 aromatic rings. The number of ether oxygens (including phenoxy) is 1. The fourth-order valence-corrected chi connectivity index (χ4v) is 2.61. The molecule has 0 atom stereocenters. The van der Waals surface area contributed by atoms with Gasteiger partial charge in [-0.25, -0.2) is 5.43 Å². The summed E-state index contributed by atoms with van der Waals surface area (Å²) in [6.45, 7) is -0.0759. The Morgan fingerprint density at radius 2 is 1.79 bits per heavy atom. The van der Waals surface area contributed by atoms with Crippen LogP contribution in [0.25, 0.3) is 10.8 Å². The van der Waals surface area contributed by atoms with Gasteiger partial charge in [0.25, 0.3) is 5.91 Å². The second kappa shape index (κ2) is 7.92. The number of hydrazone groups is 1. The van der Waals surface area contributed by atoms with E-state index in [1.54, 1.807) is 6.21 Å². The molecule has 0 radical (unpaired) electrons. The summed E-state index contributed by atoms with van der Waals surface area (Å²) in [6, 6.07) is 21.5. The van der Waals surface area contributed by atoms with Crippen LogP contribution < -0.4 is 10.2 Å². The molecular weight excluding hydrogens is 415 g/mol. The summed E-state index contributed by atoms with van der Waals surface area (Å²) in [7, 11) is 0. The predicted molar refractivity (Wildman–Crippen MR) is 104 cm³/mol. The maximum atomic E-state index is 11.8. The standard InChI is InChI=1S/C19H15IN2O2/c20-16-8-10-17(11-9-16)24-13-19(23)22-21-12-15-6-3-5-14-4-1-2-7-18(14)15/h1-12H,13H2,(H,22,23). The lowest BCUT2D eigenvalue weighted by Gasteiger charge is -2.05. The van der Waals surface area contributed by atoms with Gasteiger partial charge in [0.1, 0.15) is 5.75 Å². The molecule has 1 N–H and O–H groups in total. The Labute approximate surface area is 153 Å². The maximum absolute atomic E-state index is 11.8. The molecule has 0 aliphatic carbocycles. The monoisotopic (exact) mass is 430 g/mol. The van der Waals surface area contributed by atoms with E-state index in [-0.39, 0.29) is 12.5 Å². The lowest BCUT2D eigenvalue weighted by molar-refractivity contribution is -0.123. The first kappa shape index (κ1) is 16.4. The van der Waals surface area contributed by atoms with Crippen molar-refractivity contribution in [2.24, 2.45) is 5.10 Å². The third-order valence-electron chi connectivity index (χ3n) is 3.40. The summed E-state index contributed by atoms with van der Waals surface area (Å²) in [5.41, 5.74) is 3.43. The van der Waals surface area contributed by atoms with Crippen molar-refractivity contribution in [3.8, 4) is 5.75 Å². The zero-order valence-corrected chi connectivity index (χ0v) is 14.9. The molecule has 0 fully saturated rings. The van der Waals surface area contributed by atoms with Gasteiger partial charge < -0.3 is 4.74 Å². The number of fused-ring (bicyclic) bond motifs is 1. The summed E-state index contributed by atoms with van der Waals surface area (Å²) in [4.78, 5) is 11.8. The van der Waals surface area contributed by atoms with E-state index in [0.717, 1.165) is 19.9 Å². The van der Waals surface area contributed by atoms with Crippen LogP contribution in [0, 0.1) is 3.57 Å². The van der Waals surface area contributed by atoms with Crippen molar-refractivity contribution < 1.29 is 9.53 Å². The van der Waals surface area contributed by atoms with Gasteiger partial charge in [-0.1, -0.05) is 42.5 Å². The van der Waals surface area contributed by atoms with Crippen LogP contribution in [0.1, 0.15) is 5.56 Å². The highest BCUT2D eigenvalue weighted by Crippen LogP contribution is 2.16. The number of halogens is 1. The van der Waals surface area contributed by atoms with Crippen LogP contribution in [0.2, 0.25) is 0 Å². The fourth-order valence-electron chi connectivity index (χ4n) is 2.25. The van der Waals surface area contributed by atoms with Gasteiger partial charge in [0.2, 0.25) is 0 Å². The van der Waals surface area contributed by atoms with Crippen molar-refractivity contribution in [3.05, 3.63) is 75.9 Å². The number of hydrogen-bond acceptors (Lipinski definition) is 3. The molecule has 5 heteroatoms. The van der Waals surface area contributed by atoms with Gasteiger partial charge in [0.15, 0.2) is 6.61 Å². The predicted octanol–water partition coefficient (Wildman–Crippen LogP) is 3.97. The second-order valence-corrected chi connectivity index (χ2v) is 6.35. The number of carbonyl (C=O) groups is 1. The summed E-state index contributed by atoms with van der Waals surface area (Å²) in [6.07, 6.45) is 1.64. The first-order chi connectivity index (χ1) is 11.7. The molecule has 0 aliphatic heterocycles. The SMILES string of the molecule is O=C(COc1ccc(I)cc1)NN=Cc1cccc2ccccc12. The number of hydrogen-bond donors (Lipinski definition) is 1. The van der Waals surface area contributed by atoms with E-state index in [0.29, 0.717) is 5.75 Å². The number of amides is 1. The number of carbonyl (C=O) groups excluding carboxylic acids is 1. The molecule has 0 bridgehead atoms. The molecular formula is C19H15IN2O2. The molecule has 1 amide bonds. The summed E-state index contributed by atoms with van der Waals surface area (Å²) < 4.78 is 6.52. The molecule has 24 heavy (non-hydrogen) atoms. The van der Waals surface area contributed by atoms with E-state index >= 15 is 0 Å². The van der Waals surface area contributed by atoms with Crippen LogP contribution in [0.5, 0.6) is 5.75 Å². The first-order valence-corrected chi connectivity index (χ1v) is 8.48. The fraction of sp³-hybridized carbons (Fsp3) is 0.0526. The van der Waals surface area contributed by atoms with Crippen molar-refractivity contribution in [2.45, 2.75) is 0 Å². The molecule has 0 saturated carbocycles. The van der Waals surface area contributed by atoms with Crippen LogP contribution in [-0.4, -0.2) is 18.7 Å². The summed E-state index contributed by atoms with van der Waals surface area (Å²) in [5, 5.41) is 6.24. The number of nitrogens with zero attached hydrogens (tertiary/aromatic N) is 1. The molecule has 4 nitrogen and oxygen atoms in total. The lowest BCUT2D eigenvalue weighted by atomic mass is 10.1. The second-order valence-electron chi connectivity index (χ2n) is 5.10. The van der Waals surface area contributed by atoms with E-state index in [2.05, 4.69) is 33.1 Å². The van der Waals surface area contributed by atoms with Crippen molar-refractivity contribution >= 4 is 45.5 Å². The van der Waals surface area contributed by atoms with Crippen molar-refractivity contribution in [2.75, 3.05) is 6.61 Å². The van der Waals surface area contributed by atoms with Gasteiger partial charge in [0, 0.05) is 9.13 Å². The summed E-state index contributed by atoms with van der Waals surface area (Å²) >= 11 is 2.21. The minimum atomic E-state index is -0.301. The van der Waals surface area contributed by atoms with Crippen molar-refractivity contribution in [1.82, 2.24) is 5.43 Å². The normalized spacial score (nSPS) is 10.9. The summed E-state index contributed by atoms with van der Waals surface area (Å²) in [5.74, 6) is 0.355. The molecule has 0 heterocycles. The number of benzene rings is 3. The lowest BCUT2D eigenvalue weighted by Crippen LogP contribution is -2.24. The number of rotatable bonds is 5. The smallest absolute Gasteiger partial charge is 0.277 e. The van der Waals surface area contributed by atoms with Gasteiger partial charge in [-0.3, -0.25) is 4.79 Å². The first-order valence-electron chi connectivity index (χ1n) is 7.40. The molecule has 120 valence electrons. The molecule has 3 rings (SSSR count). The van der Waals surface area contributed by atoms with Gasteiger partial charge >= 0.3 is 0 Å². The highest BCUT2D eigenvalue weighted by atomic mass is 127. The van der Waals surface area contributed by atoms with Crippen LogP contribution in [0.4, 0.5) is 0 Å².